The van der Waals surface area contributed by atoms with Crippen LogP contribution in [0.2, 0.25) is 0 Å². The van der Waals surface area contributed by atoms with Crippen LogP contribution in [0.4, 0.5) is 0 Å². The van der Waals surface area contributed by atoms with E-state index in [0.29, 0.717) is 0 Å². The Bertz CT molecular complexity index is 685. The van der Waals surface area contributed by atoms with Crippen molar-refractivity contribution in [3.8, 4) is 0 Å². The van der Waals surface area contributed by atoms with E-state index in [1.165, 1.54) is 0 Å². The Morgan fingerprint density at radius 3 is 1.05 bits per heavy atom. The van der Waals surface area contributed by atoms with Crippen molar-refractivity contribution in [3.05, 3.63) is 91.0 Å². The maximum absolute atomic E-state index is 12.2. The molecule has 0 bridgehead atoms. The van der Waals surface area contributed by atoms with Crippen molar-refractivity contribution in [2.45, 2.75) is 0 Å². The first-order valence-electron chi connectivity index (χ1n) is 6.83. The molecule has 0 amide bonds. The number of rotatable bonds is 3. The second-order valence-electron chi connectivity index (χ2n) is 4.77. The second kappa shape index (κ2) is 6.06. The first-order valence-corrected chi connectivity index (χ1v) is 10.6. The molecule has 3 aromatic rings. The van der Waals surface area contributed by atoms with Crippen LogP contribution in [0.3, 0.4) is 0 Å². The summed E-state index contributed by atoms with van der Waals surface area (Å²) in [5.41, 5.74) is 0. The molecule has 0 aromatic heterocycles. The predicted molar refractivity (Wildman–Crippen MR) is 89.7 cm³/mol. The fourth-order valence-corrected chi connectivity index (χ4v) is 9.00. The molecule has 0 aliphatic rings. The Balaban J connectivity index is 2.38. The molecule has 0 aliphatic carbocycles. The van der Waals surface area contributed by atoms with Gasteiger partial charge < -0.3 is 0 Å². The predicted octanol–water partition coefficient (Wildman–Crippen LogP) is 1.81. The van der Waals surface area contributed by atoms with Gasteiger partial charge in [0, 0.05) is 0 Å². The second-order valence-corrected chi connectivity index (χ2v) is 11.2. The topological polar surface area (TPSA) is 17.1 Å². The van der Waals surface area contributed by atoms with Crippen molar-refractivity contribution in [2.24, 2.45) is 0 Å². The van der Waals surface area contributed by atoms with Crippen LogP contribution in [-0.2, 0) is 4.79 Å². The summed E-state index contributed by atoms with van der Waals surface area (Å²) in [7, 11) is 0. The first-order chi connectivity index (χ1) is 10.4. The summed E-state index contributed by atoms with van der Waals surface area (Å²) in [4.78, 5) is 12.2. The Hall–Kier alpha value is -2.20. The summed E-state index contributed by atoms with van der Waals surface area (Å²) in [6.45, 7) is 0. The van der Waals surface area contributed by atoms with Crippen LogP contribution in [0.1, 0.15) is 0 Å². The number of carbonyl (C=O) groups excluding carboxylic acids is 1. The van der Waals surface area contributed by atoms with Crippen LogP contribution in [0.5, 0.6) is 0 Å². The van der Waals surface area contributed by atoms with Gasteiger partial charge in [-0.15, -0.1) is 0 Å². The quantitative estimate of drug-likeness (QED) is 0.668. The summed E-state index contributed by atoms with van der Waals surface area (Å²) >= 11 is -3.14. The van der Waals surface area contributed by atoms with E-state index in [0.717, 1.165) is 13.1 Å². The van der Waals surface area contributed by atoms with Crippen LogP contribution in [-0.4, -0.2) is 17.8 Å². The molecular weight excluding hydrogens is 319 g/mol. The Kier molecular flexibility index (Phi) is 3.97. The van der Waals surface area contributed by atoms with E-state index in [9.17, 15) is 4.79 Å². The average molecular weight is 334 g/mol. The van der Waals surface area contributed by atoms with Crippen molar-refractivity contribution in [1.29, 1.82) is 0 Å². The van der Waals surface area contributed by atoms with Gasteiger partial charge in [0.25, 0.3) is 0 Å². The molecule has 1 nitrogen and oxygen atoms in total. The Morgan fingerprint density at radius 2 is 0.810 bits per heavy atom. The fourth-order valence-electron chi connectivity index (χ4n) is 2.56. The third-order valence-electron chi connectivity index (χ3n) is 3.57. The van der Waals surface area contributed by atoms with Crippen molar-refractivity contribution in [3.63, 3.8) is 0 Å². The zero-order valence-electron chi connectivity index (χ0n) is 11.5. The van der Waals surface area contributed by atoms with Gasteiger partial charge in [0.05, 0.1) is 0 Å². The molecule has 2 heteroatoms. The average Bonchev–Trinajstić information content (AvgIpc) is 2.59. The minimum absolute atomic E-state index is 1.10. The van der Waals surface area contributed by atoms with Crippen LogP contribution in [0.15, 0.2) is 91.0 Å². The van der Waals surface area contributed by atoms with E-state index in [1.807, 2.05) is 54.6 Å². The SMILES string of the molecule is O=C=[As](c1ccccc1)(c1ccccc1)c1ccccc1. The van der Waals surface area contributed by atoms with Gasteiger partial charge in [0.1, 0.15) is 0 Å². The molecule has 0 fully saturated rings. The zero-order valence-corrected chi connectivity index (χ0v) is 13.4. The van der Waals surface area contributed by atoms with E-state index < -0.39 is 13.1 Å². The molecular formula is C19H15AsO. The molecule has 0 aliphatic heterocycles. The molecule has 0 heterocycles. The standard InChI is InChI=1S/C19H15AsO/c21-16-20(17-10-4-1-5-11-17,18-12-6-2-7-13-18)19-14-8-3-9-15-19/h1-15H. The molecule has 0 spiro atoms. The van der Waals surface area contributed by atoms with Gasteiger partial charge in [-0.25, -0.2) is 0 Å². The molecule has 0 N–H and O–H groups in total. The van der Waals surface area contributed by atoms with Crippen LogP contribution >= 0.6 is 0 Å². The van der Waals surface area contributed by atoms with Gasteiger partial charge in [-0.1, -0.05) is 0 Å². The molecule has 0 atom stereocenters. The van der Waals surface area contributed by atoms with Gasteiger partial charge in [-0.3, -0.25) is 0 Å². The van der Waals surface area contributed by atoms with Crippen LogP contribution < -0.4 is 13.1 Å². The molecule has 21 heavy (non-hydrogen) atoms. The summed E-state index contributed by atoms with van der Waals surface area (Å²) in [6, 6.07) is 30.2. The third kappa shape index (κ3) is 2.43. The van der Waals surface area contributed by atoms with E-state index in [-0.39, 0.29) is 0 Å². The minimum atomic E-state index is -3.14. The monoisotopic (exact) mass is 334 g/mol. The molecule has 0 saturated heterocycles. The van der Waals surface area contributed by atoms with Crippen molar-refractivity contribution < 1.29 is 4.79 Å². The van der Waals surface area contributed by atoms with Crippen molar-refractivity contribution in [1.82, 2.24) is 0 Å². The van der Waals surface area contributed by atoms with Gasteiger partial charge in [-0.2, -0.15) is 0 Å². The molecule has 0 radical (unpaired) electrons. The van der Waals surface area contributed by atoms with Crippen molar-refractivity contribution >= 4 is 30.8 Å². The fraction of sp³-hybridized carbons (Fsp3) is 0. The van der Waals surface area contributed by atoms with Gasteiger partial charge in [0.2, 0.25) is 0 Å². The van der Waals surface area contributed by atoms with E-state index in [1.54, 1.807) is 0 Å². The summed E-state index contributed by atoms with van der Waals surface area (Å²) in [5, 5.41) is 0. The third-order valence-corrected chi connectivity index (χ3v) is 10.9. The Morgan fingerprint density at radius 1 is 0.524 bits per heavy atom. The summed E-state index contributed by atoms with van der Waals surface area (Å²) in [5.74, 6) is 0. The number of benzene rings is 3. The maximum atomic E-state index is 12.2. The molecule has 102 valence electrons. The van der Waals surface area contributed by atoms with E-state index >= 15 is 0 Å². The van der Waals surface area contributed by atoms with Crippen molar-refractivity contribution in [2.75, 3.05) is 0 Å². The molecule has 3 rings (SSSR count). The van der Waals surface area contributed by atoms with Crippen LogP contribution in [0, 0.1) is 0 Å². The number of hydrogen-bond donors (Lipinski definition) is 0. The summed E-state index contributed by atoms with van der Waals surface area (Å²) in [6.07, 6.45) is 0. The molecule has 3 aromatic carbocycles. The first kappa shape index (κ1) is 13.8. The molecule has 0 unspecified atom stereocenters. The van der Waals surface area contributed by atoms with E-state index in [2.05, 4.69) is 41.1 Å². The summed E-state index contributed by atoms with van der Waals surface area (Å²) < 4.78 is 5.79. The van der Waals surface area contributed by atoms with Gasteiger partial charge >= 0.3 is 127 Å². The molecule has 0 saturated carbocycles. The van der Waals surface area contributed by atoms with Gasteiger partial charge in [-0.05, 0) is 0 Å². The van der Waals surface area contributed by atoms with Crippen LogP contribution in [0.25, 0.3) is 0 Å². The Labute approximate surface area is 126 Å². The normalized spacial score (nSPS) is 10.9. The number of hydrogen-bond acceptors (Lipinski definition) is 1. The van der Waals surface area contributed by atoms with E-state index in [4.69, 9.17) is 0 Å². The zero-order chi connectivity index (χ0) is 14.5. The van der Waals surface area contributed by atoms with Gasteiger partial charge in [0.15, 0.2) is 0 Å².